The lowest BCUT2D eigenvalue weighted by atomic mass is 9.87. The highest BCUT2D eigenvalue weighted by atomic mass is 16.3. The molecule has 30 heavy (non-hydrogen) atoms. The number of fused-ring (bicyclic) bond motifs is 1. The van der Waals surface area contributed by atoms with Crippen LogP contribution in [-0.4, -0.2) is 15.7 Å². The van der Waals surface area contributed by atoms with Gasteiger partial charge in [-0.3, -0.25) is 9.59 Å². The van der Waals surface area contributed by atoms with Crippen molar-refractivity contribution in [3.8, 4) is 0 Å². The number of hydrogen-bond acceptors (Lipinski definition) is 4. The Morgan fingerprint density at radius 1 is 1.07 bits per heavy atom. The van der Waals surface area contributed by atoms with Gasteiger partial charge in [-0.2, -0.15) is 5.10 Å². The quantitative estimate of drug-likeness (QED) is 0.543. The van der Waals surface area contributed by atoms with Crippen molar-refractivity contribution < 1.29 is 9.21 Å². The number of benzene rings is 2. The molecule has 0 aliphatic carbocycles. The maximum absolute atomic E-state index is 12.7. The van der Waals surface area contributed by atoms with Crippen LogP contribution in [0, 0.1) is 0 Å². The number of nitrogens with one attached hydrogen (secondary N) is 1. The molecule has 2 aromatic carbocycles. The molecular weight excluding hydrogens is 378 g/mol. The zero-order chi connectivity index (χ0) is 21.3. The Morgan fingerprint density at radius 3 is 2.53 bits per heavy atom. The minimum Gasteiger partial charge on any atom is -0.451 e. The van der Waals surface area contributed by atoms with Crippen molar-refractivity contribution in [2.24, 2.45) is 0 Å². The zero-order valence-electron chi connectivity index (χ0n) is 17.2. The zero-order valence-corrected chi connectivity index (χ0v) is 17.2. The van der Waals surface area contributed by atoms with E-state index in [0.29, 0.717) is 23.3 Å². The Labute approximate surface area is 174 Å². The first-order chi connectivity index (χ1) is 14.3. The summed E-state index contributed by atoms with van der Waals surface area (Å²) in [5.74, 6) is -0.0145. The molecule has 152 valence electrons. The molecule has 2 aromatic heterocycles. The van der Waals surface area contributed by atoms with E-state index in [2.05, 4.69) is 55.5 Å². The lowest BCUT2D eigenvalue weighted by Gasteiger charge is -2.19. The number of carbonyl (C=O) groups excluding carboxylic acids is 1. The Hall–Kier alpha value is -3.67. The fourth-order valence-electron chi connectivity index (χ4n) is 3.24. The molecule has 0 saturated carbocycles. The molecule has 1 amide bonds. The van der Waals surface area contributed by atoms with Gasteiger partial charge < -0.3 is 9.73 Å². The molecule has 0 aliphatic rings. The number of para-hydroxylation sites is 1. The average Bonchev–Trinajstić information content (AvgIpc) is 3.14. The second kappa shape index (κ2) is 7.63. The monoisotopic (exact) mass is 401 g/mol. The smallest absolute Gasteiger partial charge is 0.292 e. The normalized spacial score (nSPS) is 11.6. The second-order valence-corrected chi connectivity index (χ2v) is 8.25. The van der Waals surface area contributed by atoms with Crippen LogP contribution < -0.4 is 10.7 Å². The number of amides is 1. The van der Waals surface area contributed by atoms with Crippen LogP contribution in [0.25, 0.3) is 11.0 Å². The van der Waals surface area contributed by atoms with Gasteiger partial charge >= 0.3 is 0 Å². The summed E-state index contributed by atoms with van der Waals surface area (Å²) < 4.78 is 7.31. The summed E-state index contributed by atoms with van der Waals surface area (Å²) in [5.41, 5.74) is 2.54. The first kappa shape index (κ1) is 19.6. The SMILES string of the molecule is CC(C)(C)c1ccc(Cn2nccc2NC(=O)c2cc(=O)c3ccccc3o2)cc1. The molecule has 0 bridgehead atoms. The molecule has 4 aromatic rings. The molecule has 6 heteroatoms. The molecular formula is C24H23N3O3. The molecule has 0 radical (unpaired) electrons. The molecule has 2 heterocycles. The van der Waals surface area contributed by atoms with Crippen molar-refractivity contribution >= 4 is 22.7 Å². The van der Waals surface area contributed by atoms with Gasteiger partial charge in [0.05, 0.1) is 18.1 Å². The van der Waals surface area contributed by atoms with Crippen molar-refractivity contribution in [3.05, 3.63) is 94.0 Å². The van der Waals surface area contributed by atoms with E-state index in [9.17, 15) is 9.59 Å². The Balaban J connectivity index is 1.54. The van der Waals surface area contributed by atoms with Gasteiger partial charge in [0.2, 0.25) is 0 Å². The van der Waals surface area contributed by atoms with Crippen molar-refractivity contribution in [1.29, 1.82) is 0 Å². The van der Waals surface area contributed by atoms with E-state index in [-0.39, 0.29) is 16.6 Å². The van der Waals surface area contributed by atoms with Crippen LogP contribution in [0.3, 0.4) is 0 Å². The van der Waals surface area contributed by atoms with Crippen LogP contribution in [-0.2, 0) is 12.0 Å². The molecule has 0 fully saturated rings. The average molecular weight is 401 g/mol. The van der Waals surface area contributed by atoms with E-state index >= 15 is 0 Å². The van der Waals surface area contributed by atoms with Gasteiger partial charge in [0.15, 0.2) is 11.2 Å². The van der Waals surface area contributed by atoms with Crippen LogP contribution in [0.15, 0.2) is 76.1 Å². The highest BCUT2D eigenvalue weighted by molar-refractivity contribution is 6.02. The highest BCUT2D eigenvalue weighted by Gasteiger charge is 2.16. The topological polar surface area (TPSA) is 77.1 Å². The molecule has 0 saturated heterocycles. The van der Waals surface area contributed by atoms with Crippen LogP contribution in [0.2, 0.25) is 0 Å². The van der Waals surface area contributed by atoms with E-state index in [4.69, 9.17) is 4.42 Å². The summed E-state index contributed by atoms with van der Waals surface area (Å²) in [6, 6.07) is 18.1. The summed E-state index contributed by atoms with van der Waals surface area (Å²) in [7, 11) is 0. The Kier molecular flexibility index (Phi) is 4.99. The minimum absolute atomic E-state index is 0.0408. The van der Waals surface area contributed by atoms with E-state index in [1.807, 2.05) is 0 Å². The van der Waals surface area contributed by atoms with Gasteiger partial charge in [-0.05, 0) is 28.7 Å². The molecule has 0 unspecified atom stereocenters. The van der Waals surface area contributed by atoms with E-state index in [1.54, 1.807) is 41.2 Å². The second-order valence-electron chi connectivity index (χ2n) is 8.25. The molecule has 0 atom stereocenters. The summed E-state index contributed by atoms with van der Waals surface area (Å²) in [5, 5.41) is 7.53. The summed E-state index contributed by atoms with van der Waals surface area (Å²) in [6.45, 7) is 7.03. The largest absolute Gasteiger partial charge is 0.451 e. The maximum atomic E-state index is 12.7. The van der Waals surface area contributed by atoms with Crippen molar-refractivity contribution in [2.75, 3.05) is 5.32 Å². The maximum Gasteiger partial charge on any atom is 0.292 e. The summed E-state index contributed by atoms with van der Waals surface area (Å²) in [4.78, 5) is 24.9. The van der Waals surface area contributed by atoms with E-state index in [1.165, 1.54) is 11.6 Å². The van der Waals surface area contributed by atoms with Crippen LogP contribution in [0.4, 0.5) is 5.82 Å². The van der Waals surface area contributed by atoms with Gasteiger partial charge in [-0.15, -0.1) is 0 Å². The number of rotatable bonds is 4. The first-order valence-electron chi connectivity index (χ1n) is 9.77. The lowest BCUT2D eigenvalue weighted by molar-refractivity contribution is 0.0996. The molecule has 6 nitrogen and oxygen atoms in total. The van der Waals surface area contributed by atoms with Crippen LogP contribution in [0.5, 0.6) is 0 Å². The predicted molar refractivity (Wildman–Crippen MR) is 117 cm³/mol. The van der Waals surface area contributed by atoms with Crippen molar-refractivity contribution in [3.63, 3.8) is 0 Å². The van der Waals surface area contributed by atoms with E-state index in [0.717, 1.165) is 5.56 Å². The third kappa shape index (κ3) is 4.03. The Morgan fingerprint density at radius 2 is 1.80 bits per heavy atom. The third-order valence-corrected chi connectivity index (χ3v) is 4.97. The summed E-state index contributed by atoms with van der Waals surface area (Å²) >= 11 is 0. The number of hydrogen-bond donors (Lipinski definition) is 1. The van der Waals surface area contributed by atoms with E-state index < -0.39 is 5.91 Å². The number of aromatic nitrogens is 2. The number of carbonyl (C=O) groups is 1. The Bertz CT molecular complexity index is 1260. The van der Waals surface area contributed by atoms with Gasteiger partial charge in [0, 0.05) is 12.1 Å². The fourth-order valence-corrected chi connectivity index (χ4v) is 3.24. The van der Waals surface area contributed by atoms with Crippen molar-refractivity contribution in [2.45, 2.75) is 32.7 Å². The lowest BCUT2D eigenvalue weighted by Crippen LogP contribution is -2.18. The number of anilines is 1. The third-order valence-electron chi connectivity index (χ3n) is 4.97. The molecule has 0 spiro atoms. The first-order valence-corrected chi connectivity index (χ1v) is 9.77. The van der Waals surface area contributed by atoms with Crippen LogP contribution >= 0.6 is 0 Å². The summed E-state index contributed by atoms with van der Waals surface area (Å²) in [6.07, 6.45) is 1.62. The van der Waals surface area contributed by atoms with Gasteiger partial charge in [0.1, 0.15) is 11.4 Å². The minimum atomic E-state index is -0.498. The van der Waals surface area contributed by atoms with Gasteiger partial charge in [0.25, 0.3) is 5.91 Å². The predicted octanol–water partition coefficient (Wildman–Crippen LogP) is 4.59. The molecule has 0 aliphatic heterocycles. The standard InChI is InChI=1S/C24H23N3O3/c1-24(2,3)17-10-8-16(9-11-17)15-27-22(12-13-25-27)26-23(29)21-14-19(28)18-6-4-5-7-20(18)30-21/h4-14H,15H2,1-3H3,(H,26,29). The fraction of sp³-hybridized carbons (Fsp3) is 0.208. The van der Waals surface area contributed by atoms with Gasteiger partial charge in [-0.1, -0.05) is 57.2 Å². The molecule has 4 rings (SSSR count). The number of nitrogens with zero attached hydrogens (tertiary/aromatic N) is 2. The van der Waals surface area contributed by atoms with Gasteiger partial charge in [-0.25, -0.2) is 4.68 Å². The molecule has 1 N–H and O–H groups in total. The van der Waals surface area contributed by atoms with Crippen molar-refractivity contribution in [1.82, 2.24) is 9.78 Å². The van der Waals surface area contributed by atoms with Crippen LogP contribution in [0.1, 0.15) is 42.5 Å². The highest BCUT2D eigenvalue weighted by Crippen LogP contribution is 2.23.